The van der Waals surface area contributed by atoms with Crippen molar-refractivity contribution in [3.63, 3.8) is 0 Å². The molecule has 0 saturated carbocycles. The van der Waals surface area contributed by atoms with Gasteiger partial charge in [0.15, 0.2) is 0 Å². The van der Waals surface area contributed by atoms with Crippen LogP contribution in [0.3, 0.4) is 0 Å². The molecule has 1 aromatic rings. The van der Waals surface area contributed by atoms with Gasteiger partial charge in [0.1, 0.15) is 6.04 Å². The van der Waals surface area contributed by atoms with Gasteiger partial charge in [-0.3, -0.25) is 4.79 Å². The number of esters is 1. The summed E-state index contributed by atoms with van der Waals surface area (Å²) in [5, 5.41) is 0. The lowest BCUT2D eigenvalue weighted by Gasteiger charge is -2.29. The van der Waals surface area contributed by atoms with E-state index in [0.29, 0.717) is 12.8 Å². The number of methoxy groups -OCH3 is 1. The molecule has 1 heterocycles. The summed E-state index contributed by atoms with van der Waals surface area (Å²) in [5.74, 6) is -0.229. The van der Waals surface area contributed by atoms with E-state index in [9.17, 15) is 9.59 Å². The largest absolute Gasteiger partial charge is 0.467 e. The molecule has 100 valence electrons. The molecule has 4 heteroatoms. The van der Waals surface area contributed by atoms with E-state index in [0.717, 1.165) is 12.8 Å². The fourth-order valence-corrected chi connectivity index (χ4v) is 3.28. The SMILES string of the molecule is COC(=O)C1CCC(=O)N1C1CCc2ccccc21. The van der Waals surface area contributed by atoms with Gasteiger partial charge in [0.25, 0.3) is 0 Å². The molecule has 0 radical (unpaired) electrons. The molecule has 2 unspecified atom stereocenters. The standard InChI is InChI=1S/C15H17NO3/c1-19-15(18)13-8-9-14(17)16(13)12-7-6-10-4-2-3-5-11(10)12/h2-5,12-13H,6-9H2,1H3. The first-order chi connectivity index (χ1) is 9.22. The van der Waals surface area contributed by atoms with Crippen molar-refractivity contribution in [2.75, 3.05) is 7.11 Å². The van der Waals surface area contributed by atoms with Gasteiger partial charge in [-0.05, 0) is 30.4 Å². The summed E-state index contributed by atoms with van der Waals surface area (Å²) in [4.78, 5) is 25.7. The molecular weight excluding hydrogens is 242 g/mol. The van der Waals surface area contributed by atoms with Crippen LogP contribution >= 0.6 is 0 Å². The molecule has 1 amide bonds. The molecule has 19 heavy (non-hydrogen) atoms. The van der Waals surface area contributed by atoms with E-state index in [1.807, 2.05) is 12.1 Å². The third kappa shape index (κ3) is 1.91. The van der Waals surface area contributed by atoms with Gasteiger partial charge in [0.05, 0.1) is 13.2 Å². The van der Waals surface area contributed by atoms with Gasteiger partial charge in [0, 0.05) is 6.42 Å². The minimum Gasteiger partial charge on any atom is -0.467 e. The van der Waals surface area contributed by atoms with Crippen LogP contribution in [-0.4, -0.2) is 29.9 Å². The first-order valence-electron chi connectivity index (χ1n) is 6.69. The Hall–Kier alpha value is -1.84. The van der Waals surface area contributed by atoms with Gasteiger partial charge in [0.2, 0.25) is 5.91 Å². The Labute approximate surface area is 112 Å². The lowest BCUT2D eigenvalue weighted by molar-refractivity contribution is -0.150. The smallest absolute Gasteiger partial charge is 0.328 e. The second-order valence-corrected chi connectivity index (χ2v) is 5.13. The molecule has 4 nitrogen and oxygen atoms in total. The third-order valence-corrected chi connectivity index (χ3v) is 4.17. The predicted molar refractivity (Wildman–Crippen MR) is 69.4 cm³/mol. The third-order valence-electron chi connectivity index (χ3n) is 4.17. The normalized spacial score (nSPS) is 25.5. The fourth-order valence-electron chi connectivity index (χ4n) is 3.28. The highest BCUT2D eigenvalue weighted by atomic mass is 16.5. The number of benzene rings is 1. The van der Waals surface area contributed by atoms with Crippen LogP contribution in [0.15, 0.2) is 24.3 Å². The van der Waals surface area contributed by atoms with Gasteiger partial charge in [-0.25, -0.2) is 4.79 Å². The molecule has 3 rings (SSSR count). The number of amides is 1. The lowest BCUT2D eigenvalue weighted by Crippen LogP contribution is -2.41. The quantitative estimate of drug-likeness (QED) is 0.761. The summed E-state index contributed by atoms with van der Waals surface area (Å²) in [6.07, 6.45) is 2.89. The highest BCUT2D eigenvalue weighted by Crippen LogP contribution is 2.40. The zero-order valence-electron chi connectivity index (χ0n) is 11.0. The topological polar surface area (TPSA) is 46.6 Å². The first-order valence-corrected chi connectivity index (χ1v) is 6.69. The van der Waals surface area contributed by atoms with E-state index in [1.165, 1.54) is 18.2 Å². The van der Waals surface area contributed by atoms with Crippen molar-refractivity contribution in [2.24, 2.45) is 0 Å². The lowest BCUT2D eigenvalue weighted by atomic mass is 10.1. The van der Waals surface area contributed by atoms with Gasteiger partial charge in [-0.15, -0.1) is 0 Å². The van der Waals surface area contributed by atoms with Crippen molar-refractivity contribution in [1.29, 1.82) is 0 Å². The molecular formula is C15H17NO3. The summed E-state index contributed by atoms with van der Waals surface area (Å²) < 4.78 is 4.83. The van der Waals surface area contributed by atoms with Crippen LogP contribution in [0.4, 0.5) is 0 Å². The van der Waals surface area contributed by atoms with Crippen molar-refractivity contribution in [3.05, 3.63) is 35.4 Å². The first kappa shape index (κ1) is 12.2. The summed E-state index contributed by atoms with van der Waals surface area (Å²) in [6, 6.07) is 7.80. The molecule has 1 fully saturated rings. The number of hydrogen-bond donors (Lipinski definition) is 0. The van der Waals surface area contributed by atoms with Crippen LogP contribution in [0.1, 0.15) is 36.4 Å². The number of fused-ring (bicyclic) bond motifs is 1. The Morgan fingerprint density at radius 1 is 1.26 bits per heavy atom. The Kier molecular flexibility index (Phi) is 3.01. The average Bonchev–Trinajstić information content (AvgIpc) is 3.01. The van der Waals surface area contributed by atoms with E-state index in [2.05, 4.69) is 12.1 Å². The monoisotopic (exact) mass is 259 g/mol. The van der Waals surface area contributed by atoms with Crippen LogP contribution in [0, 0.1) is 0 Å². The molecule has 0 bridgehead atoms. The number of ether oxygens (including phenoxy) is 1. The highest BCUT2D eigenvalue weighted by molar-refractivity contribution is 5.88. The van der Waals surface area contributed by atoms with E-state index < -0.39 is 6.04 Å². The summed E-state index contributed by atoms with van der Waals surface area (Å²) in [7, 11) is 1.38. The molecule has 2 atom stereocenters. The van der Waals surface area contributed by atoms with Crippen LogP contribution < -0.4 is 0 Å². The van der Waals surface area contributed by atoms with Gasteiger partial charge >= 0.3 is 5.97 Å². The summed E-state index contributed by atoms with van der Waals surface area (Å²) in [6.45, 7) is 0. The van der Waals surface area contributed by atoms with Gasteiger partial charge in [-0.2, -0.15) is 0 Å². The van der Waals surface area contributed by atoms with Crippen LogP contribution in [0.25, 0.3) is 0 Å². The minimum atomic E-state index is -0.409. The summed E-state index contributed by atoms with van der Waals surface area (Å²) >= 11 is 0. The van der Waals surface area contributed by atoms with Crippen molar-refractivity contribution in [3.8, 4) is 0 Å². The molecule has 0 aromatic heterocycles. The Bertz CT molecular complexity index is 526. The molecule has 1 saturated heterocycles. The van der Waals surface area contributed by atoms with Crippen molar-refractivity contribution in [2.45, 2.75) is 37.8 Å². The second-order valence-electron chi connectivity index (χ2n) is 5.13. The van der Waals surface area contributed by atoms with Gasteiger partial charge in [-0.1, -0.05) is 24.3 Å². The van der Waals surface area contributed by atoms with Gasteiger partial charge < -0.3 is 9.64 Å². The van der Waals surface area contributed by atoms with Crippen molar-refractivity contribution >= 4 is 11.9 Å². The van der Waals surface area contributed by atoms with E-state index >= 15 is 0 Å². The van der Waals surface area contributed by atoms with E-state index in [-0.39, 0.29) is 17.9 Å². The molecule has 1 aliphatic heterocycles. The zero-order valence-corrected chi connectivity index (χ0v) is 11.0. The molecule has 0 spiro atoms. The predicted octanol–water partition coefficient (Wildman–Crippen LogP) is 1.84. The molecule has 2 aliphatic rings. The molecule has 1 aromatic carbocycles. The molecule has 0 N–H and O–H groups in total. The number of nitrogens with zero attached hydrogens (tertiary/aromatic N) is 1. The number of rotatable bonds is 2. The number of hydrogen-bond acceptors (Lipinski definition) is 3. The zero-order chi connectivity index (χ0) is 13.4. The van der Waals surface area contributed by atoms with Crippen LogP contribution in [-0.2, 0) is 20.7 Å². The van der Waals surface area contributed by atoms with E-state index in [4.69, 9.17) is 4.74 Å². The highest BCUT2D eigenvalue weighted by Gasteiger charge is 2.43. The summed E-state index contributed by atoms with van der Waals surface area (Å²) in [5.41, 5.74) is 2.47. The average molecular weight is 259 g/mol. The Morgan fingerprint density at radius 2 is 2.05 bits per heavy atom. The number of likely N-dealkylation sites (tertiary alicyclic amines) is 1. The van der Waals surface area contributed by atoms with E-state index in [1.54, 1.807) is 4.90 Å². The van der Waals surface area contributed by atoms with Crippen molar-refractivity contribution < 1.29 is 14.3 Å². The number of carbonyl (C=O) groups excluding carboxylic acids is 2. The molecule has 1 aliphatic carbocycles. The Balaban J connectivity index is 1.93. The maximum atomic E-state index is 12.1. The fraction of sp³-hybridized carbons (Fsp3) is 0.467. The number of carbonyl (C=O) groups is 2. The number of aryl methyl sites for hydroxylation is 1. The minimum absolute atomic E-state index is 0.0373. The maximum Gasteiger partial charge on any atom is 0.328 e. The van der Waals surface area contributed by atoms with Crippen LogP contribution in [0.5, 0.6) is 0 Å². The van der Waals surface area contributed by atoms with Crippen LogP contribution in [0.2, 0.25) is 0 Å². The maximum absolute atomic E-state index is 12.1. The van der Waals surface area contributed by atoms with Crippen molar-refractivity contribution in [1.82, 2.24) is 4.90 Å². The second kappa shape index (κ2) is 4.68. The Morgan fingerprint density at radius 3 is 2.84 bits per heavy atom.